The first-order valence-corrected chi connectivity index (χ1v) is 14.1. The van der Waals surface area contributed by atoms with Gasteiger partial charge in [0.1, 0.15) is 6.29 Å². The monoisotopic (exact) mass is 548 g/mol. The van der Waals surface area contributed by atoms with Crippen molar-refractivity contribution >= 4 is 41.0 Å². The Labute approximate surface area is 233 Å². The minimum absolute atomic E-state index is 0.0163. The average molecular weight is 549 g/mol. The number of fused-ring (bicyclic) bond motifs is 2. The van der Waals surface area contributed by atoms with Gasteiger partial charge in [-0.1, -0.05) is 19.9 Å². The number of carbonyl (C=O) groups excluding carboxylic acids is 3. The van der Waals surface area contributed by atoms with Gasteiger partial charge in [0.2, 0.25) is 11.8 Å². The van der Waals surface area contributed by atoms with Gasteiger partial charge in [0.05, 0.1) is 22.8 Å². The van der Waals surface area contributed by atoms with Crippen LogP contribution in [0, 0.1) is 22.0 Å². The Bertz CT molecular complexity index is 1300. The summed E-state index contributed by atoms with van der Waals surface area (Å²) < 4.78 is 0. The lowest BCUT2D eigenvalue weighted by Gasteiger charge is -2.52. The zero-order valence-corrected chi connectivity index (χ0v) is 23.2. The van der Waals surface area contributed by atoms with Crippen LogP contribution in [0.5, 0.6) is 0 Å². The lowest BCUT2D eigenvalue weighted by Crippen LogP contribution is -2.60. The number of rotatable bonds is 9. The van der Waals surface area contributed by atoms with E-state index in [0.29, 0.717) is 18.3 Å². The maximum Gasteiger partial charge on any atom is 0.363 e. The summed E-state index contributed by atoms with van der Waals surface area (Å²) in [7, 11) is 1.56. The SMILES string of the molecule is CC.CNC(=O)CCC(C=O)N1C(=O)C2(CC2)c2c(N3CC(C4CN(c5ccc([N+](=O)[O-])nc5)C4)C3)cccc21. The quantitative estimate of drug-likeness (QED) is 0.288. The minimum atomic E-state index is -0.659. The molecule has 2 amide bonds. The van der Waals surface area contributed by atoms with Crippen LogP contribution in [-0.2, 0) is 19.8 Å². The lowest BCUT2D eigenvalue weighted by atomic mass is 9.79. The molecular weight excluding hydrogens is 512 g/mol. The molecule has 1 N–H and O–H groups in total. The molecule has 3 aliphatic heterocycles. The van der Waals surface area contributed by atoms with Gasteiger partial charge in [-0.25, -0.2) is 0 Å². The number of hydrogen-bond donors (Lipinski definition) is 1. The summed E-state index contributed by atoms with van der Waals surface area (Å²) in [5, 5.41) is 13.4. The van der Waals surface area contributed by atoms with E-state index in [1.54, 1.807) is 24.2 Å². The molecule has 212 valence electrons. The number of carbonyl (C=O) groups is 3. The predicted octanol–water partition coefficient (Wildman–Crippen LogP) is 3.06. The van der Waals surface area contributed by atoms with Gasteiger partial charge >= 0.3 is 5.82 Å². The molecule has 4 aliphatic rings. The number of anilines is 3. The van der Waals surface area contributed by atoms with E-state index in [-0.39, 0.29) is 24.1 Å². The van der Waals surface area contributed by atoms with Crippen LogP contribution in [0.1, 0.15) is 45.1 Å². The van der Waals surface area contributed by atoms with E-state index in [2.05, 4.69) is 26.2 Å². The van der Waals surface area contributed by atoms with Crippen molar-refractivity contribution in [2.24, 2.45) is 11.8 Å². The maximum absolute atomic E-state index is 13.6. The molecule has 0 bridgehead atoms. The van der Waals surface area contributed by atoms with Crippen LogP contribution in [0.4, 0.5) is 22.9 Å². The van der Waals surface area contributed by atoms with Gasteiger partial charge in [-0.3, -0.25) is 9.59 Å². The summed E-state index contributed by atoms with van der Waals surface area (Å²) >= 11 is 0. The fourth-order valence-corrected chi connectivity index (χ4v) is 6.21. The van der Waals surface area contributed by atoms with Gasteiger partial charge in [-0.15, -0.1) is 0 Å². The van der Waals surface area contributed by atoms with Crippen molar-refractivity contribution in [3.8, 4) is 0 Å². The molecule has 0 radical (unpaired) electrons. The number of nitro groups is 1. The molecule has 1 atom stereocenters. The second-order valence-corrected chi connectivity index (χ2v) is 10.8. The van der Waals surface area contributed by atoms with Gasteiger partial charge in [-0.2, -0.15) is 0 Å². The third-order valence-corrected chi connectivity index (χ3v) is 8.68. The summed E-state index contributed by atoms with van der Waals surface area (Å²) in [6.45, 7) is 7.61. The van der Waals surface area contributed by atoms with Crippen molar-refractivity contribution in [2.75, 3.05) is 47.9 Å². The molecule has 3 fully saturated rings. The summed E-state index contributed by atoms with van der Waals surface area (Å²) in [4.78, 5) is 57.9. The van der Waals surface area contributed by atoms with Crippen molar-refractivity contribution in [1.82, 2.24) is 10.3 Å². The van der Waals surface area contributed by atoms with Crippen LogP contribution in [-0.4, -0.2) is 67.3 Å². The maximum atomic E-state index is 13.6. The fourth-order valence-electron chi connectivity index (χ4n) is 6.21. The van der Waals surface area contributed by atoms with Gasteiger partial charge in [0.25, 0.3) is 0 Å². The molecule has 1 aromatic heterocycles. The molecule has 2 aromatic rings. The molecule has 40 heavy (non-hydrogen) atoms. The van der Waals surface area contributed by atoms with E-state index in [9.17, 15) is 24.5 Å². The Hall–Kier alpha value is -4.02. The van der Waals surface area contributed by atoms with E-state index in [0.717, 1.165) is 67.9 Å². The van der Waals surface area contributed by atoms with Gasteiger partial charge in [-0.05, 0) is 47.4 Å². The Morgan fingerprint density at radius 2 is 1.77 bits per heavy atom. The zero-order chi connectivity index (χ0) is 28.6. The number of amides is 2. The molecular formula is C29H36N6O5. The van der Waals surface area contributed by atoms with E-state index in [1.807, 2.05) is 26.0 Å². The van der Waals surface area contributed by atoms with E-state index >= 15 is 0 Å². The third kappa shape index (κ3) is 4.56. The highest BCUT2D eigenvalue weighted by atomic mass is 16.6. The number of aromatic nitrogens is 1. The first-order chi connectivity index (χ1) is 19.4. The highest BCUT2D eigenvalue weighted by Gasteiger charge is 2.62. The molecule has 1 aromatic carbocycles. The molecule has 11 heteroatoms. The predicted molar refractivity (Wildman–Crippen MR) is 152 cm³/mol. The van der Waals surface area contributed by atoms with Crippen LogP contribution in [0.3, 0.4) is 0 Å². The molecule has 6 rings (SSSR count). The summed E-state index contributed by atoms with van der Waals surface area (Å²) in [5.74, 6) is 0.761. The molecule has 1 spiro atoms. The second-order valence-electron chi connectivity index (χ2n) is 10.8. The van der Waals surface area contributed by atoms with Gasteiger partial charge in [0, 0.05) is 68.8 Å². The largest absolute Gasteiger partial charge is 0.371 e. The van der Waals surface area contributed by atoms with Crippen molar-refractivity contribution in [1.29, 1.82) is 0 Å². The van der Waals surface area contributed by atoms with Crippen LogP contribution in [0.2, 0.25) is 0 Å². The summed E-state index contributed by atoms with van der Waals surface area (Å²) in [5.41, 5.74) is 3.30. The molecule has 11 nitrogen and oxygen atoms in total. The van der Waals surface area contributed by atoms with Crippen molar-refractivity contribution < 1.29 is 19.3 Å². The minimum Gasteiger partial charge on any atom is -0.371 e. The van der Waals surface area contributed by atoms with Crippen LogP contribution in [0.25, 0.3) is 0 Å². The Balaban J connectivity index is 0.00000158. The molecule has 1 aliphatic carbocycles. The molecule has 4 heterocycles. The number of pyridine rings is 1. The first-order valence-electron chi connectivity index (χ1n) is 14.1. The second kappa shape index (κ2) is 10.9. The Kier molecular flexibility index (Phi) is 7.48. The smallest absolute Gasteiger partial charge is 0.363 e. The van der Waals surface area contributed by atoms with Crippen LogP contribution >= 0.6 is 0 Å². The third-order valence-electron chi connectivity index (χ3n) is 8.68. The topological polar surface area (TPSA) is 129 Å². The highest BCUT2D eigenvalue weighted by Crippen LogP contribution is 2.61. The standard InChI is InChI=1S/C27H30N6O5.C2H6/c1-28-24(35)8-6-20(16-34)32-22-4-2-3-21(25(22)27(9-10-27)26(32)36)31-14-18(15-31)17-12-30(13-17)19-5-7-23(29-11-19)33(37)38;1-2/h2-5,7,11,16-18,20H,6,8-10,12-15H2,1H3,(H,28,35);1-2H3. The number of aldehydes is 1. The summed E-state index contributed by atoms with van der Waals surface area (Å²) in [6.07, 6.45) is 4.41. The number of nitrogens with zero attached hydrogens (tertiary/aromatic N) is 5. The number of benzene rings is 1. The van der Waals surface area contributed by atoms with Crippen LogP contribution in [0.15, 0.2) is 36.5 Å². The van der Waals surface area contributed by atoms with Gasteiger partial charge in [0.15, 0.2) is 6.20 Å². The number of nitrogens with one attached hydrogen (secondary N) is 1. The van der Waals surface area contributed by atoms with Crippen molar-refractivity contribution in [3.05, 3.63) is 52.2 Å². The fraction of sp³-hybridized carbons (Fsp3) is 0.517. The average Bonchev–Trinajstić information content (AvgIpc) is 3.69. The van der Waals surface area contributed by atoms with E-state index < -0.39 is 16.4 Å². The highest BCUT2D eigenvalue weighted by molar-refractivity contribution is 6.14. The normalized spacial score (nSPS) is 19.7. The summed E-state index contributed by atoms with van der Waals surface area (Å²) in [6, 6.07) is 8.50. The van der Waals surface area contributed by atoms with E-state index in [1.165, 1.54) is 6.07 Å². The zero-order valence-electron chi connectivity index (χ0n) is 23.2. The molecule has 2 saturated heterocycles. The first kappa shape index (κ1) is 27.5. The lowest BCUT2D eigenvalue weighted by molar-refractivity contribution is -0.389. The molecule has 1 saturated carbocycles. The Morgan fingerprint density at radius 1 is 1.12 bits per heavy atom. The molecule has 1 unspecified atom stereocenters. The van der Waals surface area contributed by atoms with Crippen molar-refractivity contribution in [2.45, 2.75) is 51.0 Å². The number of hydrogen-bond acceptors (Lipinski definition) is 8. The van der Waals surface area contributed by atoms with E-state index in [4.69, 9.17) is 0 Å². The van der Waals surface area contributed by atoms with Crippen molar-refractivity contribution in [3.63, 3.8) is 0 Å². The Morgan fingerprint density at radius 3 is 2.33 bits per heavy atom. The van der Waals surface area contributed by atoms with Crippen LogP contribution < -0.4 is 20.0 Å². The van der Waals surface area contributed by atoms with Gasteiger partial charge < -0.3 is 34.9 Å².